The zero-order valence-electron chi connectivity index (χ0n) is 16.5. The number of fused-ring (bicyclic) bond motifs is 1. The minimum absolute atomic E-state index is 0.253. The summed E-state index contributed by atoms with van der Waals surface area (Å²) in [6.45, 7) is 2.77. The van der Waals surface area contributed by atoms with Crippen LogP contribution in [0.5, 0.6) is 0 Å². The highest BCUT2D eigenvalue weighted by molar-refractivity contribution is 7.22. The summed E-state index contributed by atoms with van der Waals surface area (Å²) in [5.74, 6) is 0.917. The predicted octanol–water partition coefficient (Wildman–Crippen LogP) is 3.54. The first-order valence-corrected chi connectivity index (χ1v) is 10.6. The summed E-state index contributed by atoms with van der Waals surface area (Å²) in [7, 11) is 0. The highest BCUT2D eigenvalue weighted by Crippen LogP contribution is 2.39. The molecule has 156 valence electrons. The highest BCUT2D eigenvalue weighted by atomic mass is 32.1. The topological polar surface area (TPSA) is 114 Å². The van der Waals surface area contributed by atoms with E-state index in [0.29, 0.717) is 24.9 Å². The molecule has 3 aromatic heterocycles. The highest BCUT2D eigenvalue weighted by Gasteiger charge is 2.21. The first-order chi connectivity index (χ1) is 15.1. The lowest BCUT2D eigenvalue weighted by Crippen LogP contribution is -2.36. The molecule has 3 N–H and O–H groups in total. The number of morpholine rings is 1. The van der Waals surface area contributed by atoms with Crippen LogP contribution < -0.4 is 10.6 Å². The van der Waals surface area contributed by atoms with Crippen molar-refractivity contribution in [2.75, 3.05) is 36.9 Å². The van der Waals surface area contributed by atoms with Gasteiger partial charge in [0.25, 0.3) is 0 Å². The second-order valence-corrected chi connectivity index (χ2v) is 8.21. The molecule has 5 rings (SSSR count). The van der Waals surface area contributed by atoms with Crippen molar-refractivity contribution >= 4 is 39.2 Å². The monoisotopic (exact) mass is 433 g/mol. The molecule has 1 aliphatic heterocycles. The maximum absolute atomic E-state index is 11.4. The lowest BCUT2D eigenvalue weighted by Gasteiger charge is -2.28. The third-order valence-electron chi connectivity index (χ3n) is 5.10. The molecule has 0 spiro atoms. The summed E-state index contributed by atoms with van der Waals surface area (Å²) in [6.07, 6.45) is 1.67. The molecule has 0 saturated carbocycles. The number of aromatic nitrogens is 3. The lowest BCUT2D eigenvalue weighted by molar-refractivity contribution is 0.0697. The van der Waals surface area contributed by atoms with Crippen molar-refractivity contribution in [3.8, 4) is 21.8 Å². The summed E-state index contributed by atoms with van der Waals surface area (Å²) in [4.78, 5) is 28.4. The van der Waals surface area contributed by atoms with Crippen LogP contribution in [0.25, 0.3) is 32.0 Å². The molecule has 1 aliphatic rings. The van der Waals surface area contributed by atoms with Crippen LogP contribution in [0.15, 0.2) is 48.7 Å². The number of rotatable bonds is 4. The van der Waals surface area contributed by atoms with Crippen molar-refractivity contribution in [3.05, 3.63) is 54.2 Å². The second kappa shape index (κ2) is 7.93. The van der Waals surface area contributed by atoms with E-state index in [-0.39, 0.29) is 5.56 Å². The molecule has 4 heterocycles. The molecule has 1 aromatic carbocycles. The van der Waals surface area contributed by atoms with Crippen molar-refractivity contribution in [3.63, 3.8) is 0 Å². The quantitative estimate of drug-likeness (QED) is 0.502. The number of hydrogen-bond acceptors (Lipinski definition) is 8. The van der Waals surface area contributed by atoms with Gasteiger partial charge in [-0.2, -0.15) is 0 Å². The zero-order chi connectivity index (χ0) is 21.4. The van der Waals surface area contributed by atoms with Gasteiger partial charge in [0.2, 0.25) is 0 Å². The number of nitrogens with zero attached hydrogens (tertiary/aromatic N) is 4. The molecule has 9 heteroatoms. The van der Waals surface area contributed by atoms with E-state index in [1.165, 1.54) is 0 Å². The normalized spacial score (nSPS) is 14.1. The summed E-state index contributed by atoms with van der Waals surface area (Å²) in [6, 6.07) is 12.5. The Balaban J connectivity index is 1.67. The average Bonchev–Trinajstić information content (AvgIpc) is 3.24. The fourth-order valence-corrected chi connectivity index (χ4v) is 4.63. The van der Waals surface area contributed by atoms with E-state index in [1.807, 2.05) is 18.2 Å². The molecule has 1 saturated heterocycles. The Kier molecular flexibility index (Phi) is 4.97. The third kappa shape index (κ3) is 3.80. The number of carboxylic acids is 1. The number of carboxylic acid groups (broad SMARTS) is 1. The number of hydrogen-bond donors (Lipinski definition) is 2. The van der Waals surface area contributed by atoms with Crippen LogP contribution in [0.2, 0.25) is 0 Å². The Morgan fingerprint density at radius 1 is 1.10 bits per heavy atom. The Labute approximate surface area is 182 Å². The molecular formula is C22H19N5O3S. The zero-order valence-corrected chi connectivity index (χ0v) is 17.3. The van der Waals surface area contributed by atoms with Crippen molar-refractivity contribution in [1.29, 1.82) is 0 Å². The number of benzene rings is 1. The van der Waals surface area contributed by atoms with E-state index < -0.39 is 5.97 Å². The van der Waals surface area contributed by atoms with Gasteiger partial charge in [0.15, 0.2) is 11.6 Å². The third-order valence-corrected chi connectivity index (χ3v) is 6.27. The first-order valence-electron chi connectivity index (χ1n) is 9.78. The molecule has 0 radical (unpaired) electrons. The average molecular weight is 433 g/mol. The molecule has 0 amide bonds. The van der Waals surface area contributed by atoms with Crippen molar-refractivity contribution in [2.24, 2.45) is 0 Å². The fourth-order valence-electron chi connectivity index (χ4n) is 3.52. The number of aromatic carboxylic acids is 1. The minimum atomic E-state index is -0.949. The number of carbonyl (C=O) groups is 1. The number of nitrogens with two attached hydrogens (primary N) is 1. The van der Waals surface area contributed by atoms with Crippen LogP contribution in [0.4, 0.5) is 11.6 Å². The molecule has 0 atom stereocenters. The number of nitrogen functional groups attached to an aromatic ring is 1. The first kappa shape index (κ1) is 19.4. The van der Waals surface area contributed by atoms with Crippen molar-refractivity contribution < 1.29 is 14.6 Å². The standard InChI is InChI=1S/C22H19N5O3S/c23-18-5-4-15(12-24-18)20-25-16-11-17(13-2-1-3-14(10-13)22(28)29)31-19(16)21(26-20)27-6-8-30-9-7-27/h1-5,10-12H,6-9H2,(H2,23,24)(H,28,29). The number of anilines is 2. The Morgan fingerprint density at radius 3 is 2.68 bits per heavy atom. The van der Waals surface area contributed by atoms with Gasteiger partial charge in [0, 0.05) is 29.7 Å². The molecular weight excluding hydrogens is 414 g/mol. The van der Waals surface area contributed by atoms with E-state index >= 15 is 0 Å². The fraction of sp³-hybridized carbons (Fsp3) is 0.182. The van der Waals surface area contributed by atoms with Gasteiger partial charge in [-0.15, -0.1) is 11.3 Å². The molecule has 1 fully saturated rings. The number of pyridine rings is 1. The summed E-state index contributed by atoms with van der Waals surface area (Å²) in [5, 5.41) is 9.34. The summed E-state index contributed by atoms with van der Waals surface area (Å²) < 4.78 is 6.47. The van der Waals surface area contributed by atoms with Crippen LogP contribution in [0.1, 0.15) is 10.4 Å². The summed E-state index contributed by atoms with van der Waals surface area (Å²) in [5.41, 5.74) is 8.41. The minimum Gasteiger partial charge on any atom is -0.478 e. The molecule has 0 unspecified atom stereocenters. The van der Waals surface area contributed by atoms with Crippen LogP contribution in [-0.2, 0) is 4.74 Å². The Bertz CT molecular complexity index is 1270. The maximum atomic E-state index is 11.4. The summed E-state index contributed by atoms with van der Waals surface area (Å²) >= 11 is 1.56. The second-order valence-electron chi connectivity index (χ2n) is 7.15. The van der Waals surface area contributed by atoms with Gasteiger partial charge in [-0.25, -0.2) is 19.7 Å². The Morgan fingerprint density at radius 2 is 1.94 bits per heavy atom. The van der Waals surface area contributed by atoms with E-state index in [1.54, 1.807) is 41.8 Å². The molecule has 31 heavy (non-hydrogen) atoms. The van der Waals surface area contributed by atoms with Gasteiger partial charge in [-0.05, 0) is 35.9 Å². The van der Waals surface area contributed by atoms with Gasteiger partial charge in [0.05, 0.1) is 29.0 Å². The molecule has 4 aromatic rings. The van der Waals surface area contributed by atoms with Gasteiger partial charge < -0.3 is 20.5 Å². The van der Waals surface area contributed by atoms with Gasteiger partial charge in [-0.1, -0.05) is 12.1 Å². The van der Waals surface area contributed by atoms with E-state index in [2.05, 4.69) is 9.88 Å². The van der Waals surface area contributed by atoms with Crippen LogP contribution >= 0.6 is 11.3 Å². The largest absolute Gasteiger partial charge is 0.478 e. The van der Waals surface area contributed by atoms with Crippen LogP contribution in [0.3, 0.4) is 0 Å². The lowest BCUT2D eigenvalue weighted by atomic mass is 10.1. The van der Waals surface area contributed by atoms with Crippen LogP contribution in [-0.4, -0.2) is 52.3 Å². The van der Waals surface area contributed by atoms with Gasteiger partial charge in [0.1, 0.15) is 5.82 Å². The number of ether oxygens (including phenoxy) is 1. The van der Waals surface area contributed by atoms with E-state index in [0.717, 1.165) is 45.1 Å². The van der Waals surface area contributed by atoms with Crippen molar-refractivity contribution in [1.82, 2.24) is 15.0 Å². The number of thiophene rings is 1. The van der Waals surface area contributed by atoms with Gasteiger partial charge in [-0.3, -0.25) is 0 Å². The molecule has 8 nitrogen and oxygen atoms in total. The van der Waals surface area contributed by atoms with E-state index in [9.17, 15) is 9.90 Å². The van der Waals surface area contributed by atoms with Crippen LogP contribution in [0, 0.1) is 0 Å². The molecule has 0 aliphatic carbocycles. The van der Waals surface area contributed by atoms with Gasteiger partial charge >= 0.3 is 5.97 Å². The Hall–Kier alpha value is -3.56. The predicted molar refractivity (Wildman–Crippen MR) is 120 cm³/mol. The SMILES string of the molecule is Nc1ccc(-c2nc(N3CCOCC3)c3sc(-c4cccc(C(=O)O)c4)cc3n2)cn1. The smallest absolute Gasteiger partial charge is 0.335 e. The van der Waals surface area contributed by atoms with Crippen molar-refractivity contribution in [2.45, 2.75) is 0 Å². The van der Waals surface area contributed by atoms with E-state index in [4.69, 9.17) is 20.4 Å². The maximum Gasteiger partial charge on any atom is 0.335 e. The molecule has 0 bridgehead atoms.